The molecule has 0 radical (unpaired) electrons. The van der Waals surface area contributed by atoms with Crippen LogP contribution in [-0.4, -0.2) is 20.7 Å². The third-order valence-corrected chi connectivity index (χ3v) is 10.8. The number of hydrogen-bond acceptors (Lipinski definition) is 3. The molecule has 1 aliphatic heterocycles. The van der Waals surface area contributed by atoms with Crippen molar-refractivity contribution in [2.24, 2.45) is 0 Å². The fourth-order valence-corrected chi connectivity index (χ4v) is 9.10. The van der Waals surface area contributed by atoms with Gasteiger partial charge in [0, 0.05) is 12.5 Å². The minimum Gasteiger partial charge on any atom is -0.543 e. The number of ether oxygens (including phenoxy) is 1. The van der Waals surface area contributed by atoms with Crippen LogP contribution in [0.15, 0.2) is 18.2 Å². The molecule has 1 aromatic rings. The summed E-state index contributed by atoms with van der Waals surface area (Å²) >= 11 is 0. The van der Waals surface area contributed by atoms with Crippen molar-refractivity contribution in [1.82, 2.24) is 0 Å². The smallest absolute Gasteiger partial charge is 0.258 e. The fraction of sp³-hybridized carbons (Fsp3) is 0.611. The fourth-order valence-electron chi connectivity index (χ4n) is 3.86. The standard InChI is InChI=1S/C18H28O3Si/c1-12(2)22(13(3)4,14(5)6)21-15-7-8-16-17(19)9-10-20-18(16)11-15/h7-8,11-14H,9-10H2,1-6H3. The molecular weight excluding hydrogens is 292 g/mol. The minimum absolute atomic E-state index is 0.160. The highest BCUT2D eigenvalue weighted by molar-refractivity contribution is 6.78. The molecule has 22 heavy (non-hydrogen) atoms. The number of hydrogen-bond donors (Lipinski definition) is 0. The number of carbonyl (C=O) groups excluding carboxylic acids is 1. The monoisotopic (exact) mass is 320 g/mol. The Morgan fingerprint density at radius 2 is 1.64 bits per heavy atom. The second-order valence-corrected chi connectivity index (χ2v) is 12.5. The molecule has 122 valence electrons. The number of rotatable bonds is 5. The first-order valence-corrected chi connectivity index (χ1v) is 10.4. The second kappa shape index (κ2) is 6.45. The molecule has 4 heteroatoms. The maximum Gasteiger partial charge on any atom is 0.258 e. The lowest BCUT2D eigenvalue weighted by Gasteiger charge is -2.42. The summed E-state index contributed by atoms with van der Waals surface area (Å²) in [6, 6.07) is 5.69. The number of carbonyl (C=O) groups is 1. The van der Waals surface area contributed by atoms with Gasteiger partial charge in [0.15, 0.2) is 5.78 Å². The summed E-state index contributed by atoms with van der Waals surface area (Å²) in [5.74, 6) is 1.68. The molecule has 0 fully saturated rings. The summed E-state index contributed by atoms with van der Waals surface area (Å²) in [7, 11) is -1.97. The van der Waals surface area contributed by atoms with Gasteiger partial charge in [-0.1, -0.05) is 41.5 Å². The van der Waals surface area contributed by atoms with Gasteiger partial charge in [-0.15, -0.1) is 0 Å². The van der Waals surface area contributed by atoms with E-state index in [1.807, 2.05) is 18.2 Å². The van der Waals surface area contributed by atoms with Gasteiger partial charge in [-0.3, -0.25) is 4.79 Å². The average Bonchev–Trinajstić information content (AvgIpc) is 2.43. The van der Waals surface area contributed by atoms with E-state index in [4.69, 9.17) is 9.16 Å². The SMILES string of the molecule is CC(C)[Si](Oc1ccc2c(c1)OCCC2=O)(C(C)C)C(C)C. The lowest BCUT2D eigenvalue weighted by Crippen LogP contribution is -2.50. The van der Waals surface area contributed by atoms with E-state index in [2.05, 4.69) is 41.5 Å². The lowest BCUT2D eigenvalue weighted by molar-refractivity contribution is 0.0933. The zero-order chi connectivity index (χ0) is 16.5. The van der Waals surface area contributed by atoms with Crippen molar-refractivity contribution in [3.05, 3.63) is 23.8 Å². The minimum atomic E-state index is -1.97. The Hall–Kier alpha value is -1.29. The molecule has 0 atom stereocenters. The third kappa shape index (κ3) is 2.93. The summed E-state index contributed by atoms with van der Waals surface area (Å²) in [6.07, 6.45) is 0.468. The highest BCUT2D eigenvalue weighted by atomic mass is 28.4. The molecule has 2 rings (SSSR count). The second-order valence-electron chi connectivity index (χ2n) is 7.10. The van der Waals surface area contributed by atoms with Gasteiger partial charge < -0.3 is 9.16 Å². The molecule has 0 N–H and O–H groups in total. The van der Waals surface area contributed by atoms with Crippen molar-refractivity contribution < 1.29 is 14.0 Å². The van der Waals surface area contributed by atoms with Crippen LogP contribution in [0.4, 0.5) is 0 Å². The first-order chi connectivity index (χ1) is 10.3. The van der Waals surface area contributed by atoms with E-state index in [-0.39, 0.29) is 5.78 Å². The molecule has 0 saturated heterocycles. The molecule has 0 saturated carbocycles. The van der Waals surface area contributed by atoms with Crippen molar-refractivity contribution in [1.29, 1.82) is 0 Å². The number of fused-ring (bicyclic) bond motifs is 1. The summed E-state index contributed by atoms with van der Waals surface area (Å²) in [5.41, 5.74) is 2.24. The zero-order valence-corrected chi connectivity index (χ0v) is 15.6. The molecule has 1 heterocycles. The summed E-state index contributed by atoms with van der Waals surface area (Å²) in [6.45, 7) is 14.1. The van der Waals surface area contributed by atoms with Crippen LogP contribution in [-0.2, 0) is 0 Å². The summed E-state index contributed by atoms with van der Waals surface area (Å²) < 4.78 is 12.3. The summed E-state index contributed by atoms with van der Waals surface area (Å²) in [5, 5.41) is 0. The Kier molecular flexibility index (Phi) is 5.00. The molecule has 0 amide bonds. The van der Waals surface area contributed by atoms with E-state index in [9.17, 15) is 4.79 Å². The number of Topliss-reactive ketones (excluding diaryl/α,β-unsaturated/α-hetero) is 1. The highest BCUT2D eigenvalue weighted by Crippen LogP contribution is 2.43. The van der Waals surface area contributed by atoms with Crippen molar-refractivity contribution in [3.8, 4) is 11.5 Å². The van der Waals surface area contributed by atoms with E-state index in [0.717, 1.165) is 5.75 Å². The predicted octanol–water partition coefficient (Wildman–Crippen LogP) is 5.21. The van der Waals surface area contributed by atoms with E-state index in [1.54, 1.807) is 0 Å². The molecule has 0 aliphatic carbocycles. The van der Waals surface area contributed by atoms with E-state index < -0.39 is 8.32 Å². The topological polar surface area (TPSA) is 35.5 Å². The van der Waals surface area contributed by atoms with Crippen molar-refractivity contribution in [3.63, 3.8) is 0 Å². The molecule has 0 unspecified atom stereocenters. The van der Waals surface area contributed by atoms with Crippen LogP contribution in [0, 0.1) is 0 Å². The van der Waals surface area contributed by atoms with Gasteiger partial charge in [0.2, 0.25) is 0 Å². The average molecular weight is 321 g/mol. The van der Waals surface area contributed by atoms with Crippen LogP contribution in [0.1, 0.15) is 58.3 Å². The number of ketones is 1. The van der Waals surface area contributed by atoms with Gasteiger partial charge >= 0.3 is 0 Å². The van der Waals surface area contributed by atoms with Crippen molar-refractivity contribution >= 4 is 14.1 Å². The maximum atomic E-state index is 11.9. The highest BCUT2D eigenvalue weighted by Gasteiger charge is 2.47. The van der Waals surface area contributed by atoms with Crippen molar-refractivity contribution in [2.75, 3.05) is 6.61 Å². The Labute approximate surface area is 135 Å². The largest absolute Gasteiger partial charge is 0.543 e. The van der Waals surface area contributed by atoms with Gasteiger partial charge in [-0.25, -0.2) is 0 Å². The van der Waals surface area contributed by atoms with Crippen LogP contribution in [0.3, 0.4) is 0 Å². The van der Waals surface area contributed by atoms with Gasteiger partial charge in [0.1, 0.15) is 11.5 Å². The molecule has 1 aliphatic rings. The molecular formula is C18H28O3Si. The van der Waals surface area contributed by atoms with E-state index in [1.165, 1.54) is 0 Å². The number of benzene rings is 1. The van der Waals surface area contributed by atoms with Gasteiger partial charge in [0.25, 0.3) is 8.32 Å². The van der Waals surface area contributed by atoms with Gasteiger partial charge in [-0.05, 0) is 28.8 Å². The molecule has 1 aromatic carbocycles. The maximum absolute atomic E-state index is 11.9. The lowest BCUT2D eigenvalue weighted by atomic mass is 10.1. The first-order valence-electron chi connectivity index (χ1n) is 8.28. The van der Waals surface area contributed by atoms with Crippen LogP contribution < -0.4 is 9.16 Å². The van der Waals surface area contributed by atoms with Crippen LogP contribution in [0.2, 0.25) is 16.6 Å². The molecule has 3 nitrogen and oxygen atoms in total. The quantitative estimate of drug-likeness (QED) is 0.699. The normalized spacial score (nSPS) is 15.2. The van der Waals surface area contributed by atoms with Crippen LogP contribution >= 0.6 is 0 Å². The zero-order valence-electron chi connectivity index (χ0n) is 14.6. The van der Waals surface area contributed by atoms with Gasteiger partial charge in [0.05, 0.1) is 12.2 Å². The molecule has 0 aromatic heterocycles. The van der Waals surface area contributed by atoms with Crippen molar-refractivity contribution in [2.45, 2.75) is 64.6 Å². The van der Waals surface area contributed by atoms with E-state index in [0.29, 0.717) is 41.0 Å². The van der Waals surface area contributed by atoms with Crippen LogP contribution in [0.25, 0.3) is 0 Å². The molecule has 0 bridgehead atoms. The Balaban J connectivity index is 2.37. The molecule has 0 spiro atoms. The predicted molar refractivity (Wildman–Crippen MR) is 92.6 cm³/mol. The van der Waals surface area contributed by atoms with Crippen LogP contribution in [0.5, 0.6) is 11.5 Å². The Morgan fingerprint density at radius 1 is 1.05 bits per heavy atom. The summed E-state index contributed by atoms with van der Waals surface area (Å²) in [4.78, 5) is 11.9. The van der Waals surface area contributed by atoms with E-state index >= 15 is 0 Å². The Morgan fingerprint density at radius 3 is 2.18 bits per heavy atom. The third-order valence-electron chi connectivity index (χ3n) is 4.84. The van der Waals surface area contributed by atoms with Gasteiger partial charge in [-0.2, -0.15) is 0 Å². The Bertz CT molecular complexity index is 527. The first kappa shape index (κ1) is 17.1.